The molecule has 2 aromatic carbocycles. The molecule has 0 radical (unpaired) electrons. The van der Waals surface area contributed by atoms with Crippen molar-refractivity contribution in [2.24, 2.45) is 7.05 Å². The van der Waals surface area contributed by atoms with Crippen LogP contribution in [0.15, 0.2) is 42.6 Å². The lowest BCUT2D eigenvalue weighted by Gasteiger charge is -2.23. The number of fused-ring (bicyclic) bond motifs is 3. The Morgan fingerprint density at radius 3 is 2.41 bits per heavy atom. The number of hydrogen-bond donors (Lipinski definition) is 0. The SMILES string of the molecule is CCN(C(=O)c1nn(-c2cc(Cl)cc(Cl)c2)c2c1COc1cc(OC)c(-c3ccn(C)n3)cc1-2)S(=O)(=O)CC. The standard InChI is InChI=1S/C26H25Cl2N5O5S/c1-5-32(39(35,36)6-2)26(34)24-20-14-38-23-13-22(37-4)18(21-7-8-31(3)29-21)12-19(23)25(20)33(30-24)17-10-15(27)9-16(28)11-17/h7-13H,5-6,14H2,1-4H3. The molecule has 1 aliphatic rings. The molecule has 0 atom stereocenters. The third-order valence-electron chi connectivity index (χ3n) is 6.41. The minimum absolute atomic E-state index is 0.0203. The third-order valence-corrected chi connectivity index (χ3v) is 8.67. The van der Waals surface area contributed by atoms with Crippen molar-refractivity contribution in [3.8, 4) is 39.7 Å². The van der Waals surface area contributed by atoms with Crippen molar-refractivity contribution in [3.63, 3.8) is 0 Å². The number of aromatic nitrogens is 4. The van der Waals surface area contributed by atoms with Gasteiger partial charge in [0, 0.05) is 52.6 Å². The molecule has 0 unspecified atom stereocenters. The minimum atomic E-state index is -3.84. The van der Waals surface area contributed by atoms with Crippen LogP contribution in [0.3, 0.4) is 0 Å². The summed E-state index contributed by atoms with van der Waals surface area (Å²) in [5.41, 5.74) is 3.41. The molecule has 0 fully saturated rings. The van der Waals surface area contributed by atoms with Crippen molar-refractivity contribution < 1.29 is 22.7 Å². The number of amides is 1. The number of halogens is 2. The fraction of sp³-hybridized carbons (Fsp3) is 0.269. The van der Waals surface area contributed by atoms with E-state index in [2.05, 4.69) is 10.2 Å². The van der Waals surface area contributed by atoms with Crippen LogP contribution in [0.4, 0.5) is 0 Å². The van der Waals surface area contributed by atoms with Crippen LogP contribution < -0.4 is 9.47 Å². The van der Waals surface area contributed by atoms with E-state index in [9.17, 15) is 13.2 Å². The highest BCUT2D eigenvalue weighted by Crippen LogP contribution is 2.46. The van der Waals surface area contributed by atoms with E-state index in [0.717, 1.165) is 4.31 Å². The van der Waals surface area contributed by atoms with Crippen LogP contribution in [0.25, 0.3) is 28.2 Å². The largest absolute Gasteiger partial charge is 0.496 e. The summed E-state index contributed by atoms with van der Waals surface area (Å²) in [6.07, 6.45) is 1.82. The van der Waals surface area contributed by atoms with Crippen molar-refractivity contribution in [2.75, 3.05) is 19.4 Å². The second-order valence-electron chi connectivity index (χ2n) is 8.80. The first kappa shape index (κ1) is 27.0. The fourth-order valence-electron chi connectivity index (χ4n) is 4.57. The summed E-state index contributed by atoms with van der Waals surface area (Å²) in [5, 5.41) is 9.87. The van der Waals surface area contributed by atoms with Crippen LogP contribution in [0.2, 0.25) is 10.0 Å². The molecule has 10 nitrogen and oxygen atoms in total. The maximum absolute atomic E-state index is 13.7. The lowest BCUT2D eigenvalue weighted by atomic mass is 9.98. The van der Waals surface area contributed by atoms with E-state index >= 15 is 0 Å². The number of rotatable bonds is 7. The number of carbonyl (C=O) groups excluding carboxylic acids is 1. The van der Waals surface area contributed by atoms with Gasteiger partial charge in [0.25, 0.3) is 5.91 Å². The lowest BCUT2D eigenvalue weighted by molar-refractivity contribution is 0.0858. The van der Waals surface area contributed by atoms with Crippen LogP contribution in [-0.4, -0.2) is 57.6 Å². The molecule has 13 heteroatoms. The molecule has 0 spiro atoms. The molecular weight excluding hydrogens is 565 g/mol. The Balaban J connectivity index is 1.80. The molecule has 5 rings (SSSR count). The topological polar surface area (TPSA) is 109 Å². The number of nitrogens with zero attached hydrogens (tertiary/aromatic N) is 5. The van der Waals surface area contributed by atoms with E-state index < -0.39 is 15.9 Å². The van der Waals surface area contributed by atoms with E-state index in [4.69, 9.17) is 32.7 Å². The maximum atomic E-state index is 13.7. The first-order valence-electron chi connectivity index (χ1n) is 12.1. The number of benzene rings is 2. The monoisotopic (exact) mass is 589 g/mol. The van der Waals surface area contributed by atoms with Gasteiger partial charge in [0.15, 0.2) is 5.69 Å². The van der Waals surface area contributed by atoms with Gasteiger partial charge < -0.3 is 9.47 Å². The summed E-state index contributed by atoms with van der Waals surface area (Å²) in [5.74, 6) is 0.0791. The Hall–Kier alpha value is -3.54. The Morgan fingerprint density at radius 2 is 1.82 bits per heavy atom. The van der Waals surface area contributed by atoms with Crippen molar-refractivity contribution in [1.29, 1.82) is 0 Å². The van der Waals surface area contributed by atoms with Gasteiger partial charge in [-0.3, -0.25) is 9.48 Å². The van der Waals surface area contributed by atoms with Gasteiger partial charge in [0.05, 0.1) is 29.9 Å². The first-order chi connectivity index (χ1) is 18.6. The van der Waals surface area contributed by atoms with Gasteiger partial charge in [-0.2, -0.15) is 10.2 Å². The van der Waals surface area contributed by atoms with Gasteiger partial charge in [0.1, 0.15) is 18.1 Å². The summed E-state index contributed by atoms with van der Waals surface area (Å²) >= 11 is 12.6. The van der Waals surface area contributed by atoms with Crippen molar-refractivity contribution in [3.05, 3.63) is 63.9 Å². The number of ether oxygens (including phenoxy) is 2. The van der Waals surface area contributed by atoms with Gasteiger partial charge in [-0.1, -0.05) is 23.2 Å². The van der Waals surface area contributed by atoms with Crippen LogP contribution in [0, 0.1) is 0 Å². The Bertz CT molecular complexity index is 1690. The van der Waals surface area contributed by atoms with Crippen molar-refractivity contribution >= 4 is 39.1 Å². The van der Waals surface area contributed by atoms with Crippen molar-refractivity contribution in [1.82, 2.24) is 23.9 Å². The normalized spacial score (nSPS) is 12.5. The van der Waals surface area contributed by atoms with E-state index in [1.807, 2.05) is 25.4 Å². The molecule has 0 bridgehead atoms. The summed E-state index contributed by atoms with van der Waals surface area (Å²) in [7, 11) is -0.463. The summed E-state index contributed by atoms with van der Waals surface area (Å²) in [4.78, 5) is 13.7. The number of methoxy groups -OCH3 is 1. The third kappa shape index (κ3) is 4.75. The molecule has 39 heavy (non-hydrogen) atoms. The predicted molar refractivity (Wildman–Crippen MR) is 148 cm³/mol. The summed E-state index contributed by atoms with van der Waals surface area (Å²) < 4.78 is 41.2. The van der Waals surface area contributed by atoms with E-state index in [1.54, 1.807) is 47.7 Å². The zero-order chi connectivity index (χ0) is 28.1. The Kier molecular flexibility index (Phi) is 7.08. The second kappa shape index (κ2) is 10.2. The molecule has 1 amide bonds. The molecule has 0 saturated heterocycles. The number of aryl methyl sites for hydroxylation is 1. The van der Waals surface area contributed by atoms with E-state index in [-0.39, 0.29) is 24.6 Å². The molecule has 0 saturated carbocycles. The van der Waals surface area contributed by atoms with Gasteiger partial charge in [-0.15, -0.1) is 0 Å². The molecule has 0 N–H and O–H groups in total. The second-order valence-corrected chi connectivity index (χ2v) is 11.9. The summed E-state index contributed by atoms with van der Waals surface area (Å²) in [6, 6.07) is 10.4. The molecular formula is C26H25Cl2N5O5S. The highest BCUT2D eigenvalue weighted by molar-refractivity contribution is 7.89. The van der Waals surface area contributed by atoms with Crippen molar-refractivity contribution in [2.45, 2.75) is 20.5 Å². The van der Waals surface area contributed by atoms with Gasteiger partial charge >= 0.3 is 0 Å². The quantitative estimate of drug-likeness (QED) is 0.299. The van der Waals surface area contributed by atoms with Gasteiger partial charge in [-0.25, -0.2) is 17.4 Å². The van der Waals surface area contributed by atoms with Crippen LogP contribution in [0.5, 0.6) is 11.5 Å². The number of carbonyl (C=O) groups is 1. The average Bonchev–Trinajstić information content (AvgIpc) is 3.51. The fourth-order valence-corrected chi connectivity index (χ4v) is 6.13. The van der Waals surface area contributed by atoms with Crippen LogP contribution >= 0.6 is 23.2 Å². The number of sulfonamides is 1. The van der Waals surface area contributed by atoms with Crippen LogP contribution in [0.1, 0.15) is 29.9 Å². The maximum Gasteiger partial charge on any atom is 0.288 e. The molecule has 2 aromatic heterocycles. The number of hydrogen-bond acceptors (Lipinski definition) is 7. The minimum Gasteiger partial charge on any atom is -0.496 e. The molecule has 1 aliphatic heterocycles. The van der Waals surface area contributed by atoms with E-state index in [1.165, 1.54) is 6.92 Å². The smallest absolute Gasteiger partial charge is 0.288 e. The van der Waals surface area contributed by atoms with Gasteiger partial charge in [0.2, 0.25) is 10.0 Å². The Labute approximate surface area is 235 Å². The summed E-state index contributed by atoms with van der Waals surface area (Å²) in [6.45, 7) is 3.02. The molecule has 3 heterocycles. The molecule has 4 aromatic rings. The first-order valence-corrected chi connectivity index (χ1v) is 14.4. The predicted octanol–water partition coefficient (Wildman–Crippen LogP) is 4.96. The lowest BCUT2D eigenvalue weighted by Crippen LogP contribution is -2.38. The Morgan fingerprint density at radius 1 is 1.10 bits per heavy atom. The zero-order valence-corrected chi connectivity index (χ0v) is 23.9. The highest BCUT2D eigenvalue weighted by Gasteiger charge is 2.35. The van der Waals surface area contributed by atoms with Crippen LogP contribution in [-0.2, 0) is 23.7 Å². The van der Waals surface area contributed by atoms with Gasteiger partial charge in [-0.05, 0) is 44.2 Å². The molecule has 204 valence electrons. The zero-order valence-electron chi connectivity index (χ0n) is 21.6. The van der Waals surface area contributed by atoms with E-state index in [0.29, 0.717) is 55.3 Å². The average molecular weight is 590 g/mol. The highest BCUT2D eigenvalue weighted by atomic mass is 35.5. The molecule has 0 aliphatic carbocycles.